The summed E-state index contributed by atoms with van der Waals surface area (Å²) in [5.41, 5.74) is 0.986. The van der Waals surface area contributed by atoms with E-state index in [1.807, 2.05) is 27.0 Å². The summed E-state index contributed by atoms with van der Waals surface area (Å²) in [7, 11) is -4.22. The molecule has 0 radical (unpaired) electrons. The molecule has 8 nitrogen and oxygen atoms in total. The molecule has 0 aromatic heterocycles. The van der Waals surface area contributed by atoms with Crippen LogP contribution in [0.25, 0.3) is 0 Å². The number of ether oxygens (including phenoxy) is 1. The van der Waals surface area contributed by atoms with E-state index in [2.05, 4.69) is 5.32 Å². The highest BCUT2D eigenvalue weighted by Crippen LogP contribution is 2.33. The molecule has 0 bridgehead atoms. The number of thioether (sulfide) groups is 1. The minimum absolute atomic E-state index is 0.0374. The molecule has 2 amide bonds. The fourth-order valence-electron chi connectivity index (χ4n) is 4.46. The normalized spacial score (nSPS) is 12.1. The summed E-state index contributed by atoms with van der Waals surface area (Å²) in [6.07, 6.45) is 2.24. The van der Waals surface area contributed by atoms with Gasteiger partial charge in [0.25, 0.3) is 10.0 Å². The van der Waals surface area contributed by atoms with E-state index in [0.717, 1.165) is 14.8 Å². The van der Waals surface area contributed by atoms with Gasteiger partial charge in [0.2, 0.25) is 11.8 Å². The molecule has 0 unspecified atom stereocenters. The maximum Gasteiger partial charge on any atom is 0.264 e. The van der Waals surface area contributed by atoms with Crippen LogP contribution in [0.3, 0.4) is 0 Å². The number of sulfonamides is 1. The van der Waals surface area contributed by atoms with Gasteiger partial charge in [-0.05, 0) is 79.6 Å². The standard InChI is InChI=1S/C32H40ClN3O5S2/c1-6-28(32(38)34-20-23(3)4)35(21-24-12-14-25(33)15-13-24)31(37)22-36(29-10-8-9-11-30(29)41-7-2)43(39,40)27-18-16-26(42-5)17-19-27/h8-19,23,28H,6-7,20-22H2,1-5H3,(H,34,38)/t28-/m0/s1. The molecule has 0 saturated heterocycles. The number of para-hydroxylation sites is 2. The van der Waals surface area contributed by atoms with E-state index in [4.69, 9.17) is 16.3 Å². The van der Waals surface area contributed by atoms with Gasteiger partial charge in [-0.15, -0.1) is 11.8 Å². The van der Waals surface area contributed by atoms with Gasteiger partial charge in [-0.3, -0.25) is 13.9 Å². The zero-order valence-electron chi connectivity index (χ0n) is 25.2. The van der Waals surface area contributed by atoms with Crippen molar-refractivity contribution in [2.24, 2.45) is 5.92 Å². The first-order valence-electron chi connectivity index (χ1n) is 14.2. The number of amides is 2. The number of nitrogens with one attached hydrogen (secondary N) is 1. The molecule has 0 aliphatic carbocycles. The van der Waals surface area contributed by atoms with Crippen molar-refractivity contribution >= 4 is 50.9 Å². The predicted molar refractivity (Wildman–Crippen MR) is 174 cm³/mol. The van der Waals surface area contributed by atoms with Crippen LogP contribution in [-0.4, -0.2) is 57.1 Å². The summed E-state index contributed by atoms with van der Waals surface area (Å²) in [5.74, 6) is -0.282. The van der Waals surface area contributed by atoms with Gasteiger partial charge in [-0.2, -0.15) is 0 Å². The molecule has 0 aliphatic rings. The van der Waals surface area contributed by atoms with Gasteiger partial charge in [0.15, 0.2) is 0 Å². The summed E-state index contributed by atoms with van der Waals surface area (Å²) in [6, 6.07) is 19.4. The Balaban J connectivity index is 2.09. The highest BCUT2D eigenvalue weighted by atomic mass is 35.5. The van der Waals surface area contributed by atoms with Crippen molar-refractivity contribution in [3.8, 4) is 5.75 Å². The summed E-state index contributed by atoms with van der Waals surface area (Å²) >= 11 is 7.59. The van der Waals surface area contributed by atoms with Crippen LogP contribution in [0.5, 0.6) is 5.75 Å². The maximum atomic E-state index is 14.3. The topological polar surface area (TPSA) is 96.0 Å². The highest BCUT2D eigenvalue weighted by molar-refractivity contribution is 7.98. The van der Waals surface area contributed by atoms with Crippen molar-refractivity contribution in [3.63, 3.8) is 0 Å². The van der Waals surface area contributed by atoms with Gasteiger partial charge in [0.1, 0.15) is 18.3 Å². The molecule has 3 rings (SSSR count). The largest absolute Gasteiger partial charge is 0.492 e. The number of carbonyl (C=O) groups is 2. The Bertz CT molecular complexity index is 1470. The third kappa shape index (κ3) is 9.14. The Kier molecular flexibility index (Phi) is 12.8. The Morgan fingerprint density at radius 3 is 2.21 bits per heavy atom. The molecule has 1 N–H and O–H groups in total. The zero-order chi connectivity index (χ0) is 31.6. The minimum atomic E-state index is -4.22. The Hall–Kier alpha value is -3.21. The van der Waals surface area contributed by atoms with Crippen molar-refractivity contribution in [2.45, 2.75) is 56.5 Å². The number of hydrogen-bond donors (Lipinski definition) is 1. The van der Waals surface area contributed by atoms with E-state index in [1.165, 1.54) is 28.8 Å². The monoisotopic (exact) mass is 645 g/mol. The molecule has 0 aliphatic heterocycles. The number of hydrogen-bond acceptors (Lipinski definition) is 6. The number of anilines is 1. The van der Waals surface area contributed by atoms with Crippen LogP contribution in [0.4, 0.5) is 5.69 Å². The lowest BCUT2D eigenvalue weighted by molar-refractivity contribution is -0.140. The van der Waals surface area contributed by atoms with E-state index >= 15 is 0 Å². The highest BCUT2D eigenvalue weighted by Gasteiger charge is 2.34. The summed E-state index contributed by atoms with van der Waals surface area (Å²) < 4.78 is 35.2. The molecule has 0 saturated carbocycles. The molecule has 232 valence electrons. The molecule has 0 heterocycles. The van der Waals surface area contributed by atoms with Crippen molar-refractivity contribution in [3.05, 3.63) is 83.4 Å². The van der Waals surface area contributed by atoms with E-state index in [0.29, 0.717) is 30.3 Å². The third-order valence-corrected chi connectivity index (χ3v) is 9.47. The quantitative estimate of drug-likeness (QED) is 0.197. The molecule has 3 aromatic rings. The first kappa shape index (κ1) is 34.3. The Morgan fingerprint density at radius 2 is 1.63 bits per heavy atom. The summed E-state index contributed by atoms with van der Waals surface area (Å²) in [4.78, 5) is 30.0. The third-order valence-electron chi connectivity index (χ3n) is 6.70. The van der Waals surface area contributed by atoms with E-state index < -0.39 is 28.5 Å². The number of carbonyl (C=O) groups excluding carboxylic acids is 2. The average molecular weight is 646 g/mol. The predicted octanol–water partition coefficient (Wildman–Crippen LogP) is 6.24. The molecule has 3 aromatic carbocycles. The van der Waals surface area contributed by atoms with E-state index in [-0.39, 0.29) is 29.0 Å². The van der Waals surface area contributed by atoms with Gasteiger partial charge in [-0.1, -0.05) is 56.6 Å². The first-order valence-corrected chi connectivity index (χ1v) is 17.3. The molecule has 11 heteroatoms. The summed E-state index contributed by atoms with van der Waals surface area (Å²) in [5, 5.41) is 3.48. The number of halogens is 1. The zero-order valence-corrected chi connectivity index (χ0v) is 27.6. The number of rotatable bonds is 15. The number of benzene rings is 3. The average Bonchev–Trinajstić information content (AvgIpc) is 3.00. The lowest BCUT2D eigenvalue weighted by atomic mass is 10.1. The second-order valence-corrected chi connectivity index (χ2v) is 13.5. The van der Waals surface area contributed by atoms with Crippen LogP contribution in [0.2, 0.25) is 5.02 Å². The van der Waals surface area contributed by atoms with E-state index in [9.17, 15) is 18.0 Å². The number of nitrogens with zero attached hydrogens (tertiary/aromatic N) is 2. The van der Waals surface area contributed by atoms with Crippen molar-refractivity contribution in [1.29, 1.82) is 0 Å². The van der Waals surface area contributed by atoms with Crippen LogP contribution in [0.15, 0.2) is 82.6 Å². The fraction of sp³-hybridized carbons (Fsp3) is 0.375. The van der Waals surface area contributed by atoms with Crippen LogP contribution in [-0.2, 0) is 26.2 Å². The molecule has 0 spiro atoms. The molecule has 43 heavy (non-hydrogen) atoms. The lowest BCUT2D eigenvalue weighted by Crippen LogP contribution is -2.52. The fourth-order valence-corrected chi connectivity index (χ4v) is 6.42. The first-order chi connectivity index (χ1) is 20.5. The molecule has 1 atom stereocenters. The maximum absolute atomic E-state index is 14.3. The van der Waals surface area contributed by atoms with Crippen molar-refractivity contribution in [2.75, 3.05) is 30.3 Å². The van der Waals surface area contributed by atoms with Crippen molar-refractivity contribution < 1.29 is 22.7 Å². The molecular weight excluding hydrogens is 606 g/mol. The minimum Gasteiger partial charge on any atom is -0.492 e. The Labute approximate surface area is 264 Å². The van der Waals surface area contributed by atoms with Crippen LogP contribution >= 0.6 is 23.4 Å². The van der Waals surface area contributed by atoms with Crippen LogP contribution < -0.4 is 14.4 Å². The van der Waals surface area contributed by atoms with E-state index in [1.54, 1.807) is 67.6 Å². The summed E-state index contributed by atoms with van der Waals surface area (Å²) in [6.45, 7) is 7.91. The van der Waals surface area contributed by atoms with Crippen molar-refractivity contribution in [1.82, 2.24) is 10.2 Å². The molecular formula is C32H40ClN3O5S2. The lowest BCUT2D eigenvalue weighted by Gasteiger charge is -2.33. The molecule has 0 fully saturated rings. The van der Waals surface area contributed by atoms with Gasteiger partial charge in [0, 0.05) is 23.0 Å². The van der Waals surface area contributed by atoms with Crippen LogP contribution in [0, 0.1) is 5.92 Å². The van der Waals surface area contributed by atoms with Gasteiger partial charge >= 0.3 is 0 Å². The second-order valence-electron chi connectivity index (χ2n) is 10.3. The van der Waals surface area contributed by atoms with Gasteiger partial charge in [0.05, 0.1) is 17.2 Å². The second kappa shape index (κ2) is 16.0. The smallest absolute Gasteiger partial charge is 0.264 e. The SMILES string of the molecule is CCOc1ccccc1N(CC(=O)N(Cc1ccc(Cl)cc1)[C@@H](CC)C(=O)NCC(C)C)S(=O)(=O)c1ccc(SC)cc1. The Morgan fingerprint density at radius 1 is 0.977 bits per heavy atom. The van der Waals surface area contributed by atoms with Gasteiger partial charge in [-0.25, -0.2) is 8.42 Å². The van der Waals surface area contributed by atoms with Gasteiger partial charge < -0.3 is 15.0 Å². The van der Waals surface area contributed by atoms with Crippen LogP contribution in [0.1, 0.15) is 39.7 Å².